The average Bonchev–Trinajstić information content (AvgIpc) is 3.24. The molecule has 0 saturated carbocycles. The summed E-state index contributed by atoms with van der Waals surface area (Å²) >= 11 is 1.28. The van der Waals surface area contributed by atoms with Gasteiger partial charge in [-0.25, -0.2) is 9.37 Å². The summed E-state index contributed by atoms with van der Waals surface area (Å²) in [5, 5.41) is 5.22. The lowest BCUT2D eigenvalue weighted by Crippen LogP contribution is -2.22. The van der Waals surface area contributed by atoms with E-state index in [1.54, 1.807) is 35.5 Å². The maximum Gasteiger partial charge on any atom is 0.418 e. The minimum Gasteiger partial charge on any atom is -0.374 e. The van der Waals surface area contributed by atoms with E-state index in [9.17, 15) is 17.6 Å². The molecule has 0 bridgehead atoms. The summed E-state index contributed by atoms with van der Waals surface area (Å²) in [7, 11) is 1.71. The van der Waals surface area contributed by atoms with Gasteiger partial charge >= 0.3 is 6.18 Å². The molecule has 8 heteroatoms. The van der Waals surface area contributed by atoms with Crippen LogP contribution in [0, 0.1) is 5.82 Å². The maximum atomic E-state index is 13.8. The van der Waals surface area contributed by atoms with Crippen LogP contribution in [0.3, 0.4) is 0 Å². The van der Waals surface area contributed by atoms with E-state index in [1.807, 2.05) is 0 Å². The number of thiazole rings is 1. The van der Waals surface area contributed by atoms with E-state index in [0.717, 1.165) is 30.9 Å². The number of unbranched alkanes of at least 4 members (excludes halogenated alkanes) is 5. The van der Waals surface area contributed by atoms with E-state index in [4.69, 9.17) is 0 Å². The van der Waals surface area contributed by atoms with Crippen molar-refractivity contribution in [1.29, 1.82) is 0 Å². The zero-order valence-corrected chi connectivity index (χ0v) is 19.7. The molecule has 33 heavy (non-hydrogen) atoms. The van der Waals surface area contributed by atoms with Crippen LogP contribution >= 0.6 is 11.3 Å². The lowest BCUT2D eigenvalue weighted by atomic mass is 10.1. The highest BCUT2D eigenvalue weighted by Gasteiger charge is 2.34. The molecule has 0 fully saturated rings. The van der Waals surface area contributed by atoms with E-state index in [-0.39, 0.29) is 11.5 Å². The van der Waals surface area contributed by atoms with Gasteiger partial charge in [0.1, 0.15) is 5.82 Å². The van der Waals surface area contributed by atoms with E-state index in [2.05, 4.69) is 17.2 Å². The normalized spacial score (nSPS) is 11.6. The largest absolute Gasteiger partial charge is 0.418 e. The molecule has 3 aromatic rings. The van der Waals surface area contributed by atoms with Gasteiger partial charge < -0.3 is 10.2 Å². The quantitative estimate of drug-likeness (QED) is 0.221. The van der Waals surface area contributed by atoms with Gasteiger partial charge in [-0.1, -0.05) is 39.0 Å². The number of benzene rings is 2. The second kappa shape index (κ2) is 11.5. The van der Waals surface area contributed by atoms with Gasteiger partial charge in [0.25, 0.3) is 0 Å². The number of aromatic nitrogens is 1. The fraction of sp³-hybridized carbons (Fsp3) is 0.400. The van der Waals surface area contributed by atoms with Crippen LogP contribution in [0.2, 0.25) is 0 Å². The van der Waals surface area contributed by atoms with Gasteiger partial charge in [0.15, 0.2) is 5.13 Å². The number of rotatable bonds is 11. The molecule has 178 valence electrons. The second-order valence-electron chi connectivity index (χ2n) is 8.09. The molecule has 0 atom stereocenters. The maximum absolute atomic E-state index is 13.8. The Labute approximate surface area is 196 Å². The Morgan fingerprint density at radius 2 is 1.67 bits per heavy atom. The third-order valence-electron chi connectivity index (χ3n) is 5.46. The Morgan fingerprint density at radius 3 is 2.36 bits per heavy atom. The topological polar surface area (TPSA) is 28.2 Å². The van der Waals surface area contributed by atoms with Gasteiger partial charge in [0.2, 0.25) is 0 Å². The van der Waals surface area contributed by atoms with E-state index >= 15 is 0 Å². The standard InChI is InChI=1S/C25H29F4N3S/c1-3-4-5-6-7-8-15-32(2)23-14-13-20(16-21(23)25(27,28)29)30-24-31-22(17-33-24)18-9-11-19(26)12-10-18/h9-14,16-17H,3-8,15H2,1-2H3,(H,30,31). The van der Waals surface area contributed by atoms with E-state index in [1.165, 1.54) is 48.8 Å². The van der Waals surface area contributed by atoms with Gasteiger partial charge in [-0.15, -0.1) is 11.3 Å². The van der Waals surface area contributed by atoms with Crippen molar-refractivity contribution in [3.05, 3.63) is 59.2 Å². The SMILES string of the molecule is CCCCCCCCN(C)c1ccc(Nc2nc(-c3ccc(F)cc3)cs2)cc1C(F)(F)F. The Balaban J connectivity index is 1.69. The molecule has 0 amide bonds. The molecule has 0 radical (unpaired) electrons. The number of hydrogen-bond acceptors (Lipinski definition) is 4. The molecule has 0 spiro atoms. The Hall–Kier alpha value is -2.61. The molecule has 3 nitrogen and oxygen atoms in total. The molecule has 2 aromatic carbocycles. The van der Waals surface area contributed by atoms with Crippen molar-refractivity contribution >= 4 is 27.8 Å². The lowest BCUT2D eigenvalue weighted by Gasteiger charge is -2.24. The van der Waals surface area contributed by atoms with Crippen LogP contribution in [0.5, 0.6) is 0 Å². The first-order chi connectivity index (χ1) is 15.8. The molecular weight excluding hydrogens is 450 g/mol. The number of halogens is 4. The summed E-state index contributed by atoms with van der Waals surface area (Å²) < 4.78 is 54.6. The fourth-order valence-corrected chi connectivity index (χ4v) is 4.37. The Morgan fingerprint density at radius 1 is 0.970 bits per heavy atom. The van der Waals surface area contributed by atoms with Crippen LogP contribution in [0.25, 0.3) is 11.3 Å². The van der Waals surface area contributed by atoms with Crippen molar-refractivity contribution in [2.45, 2.75) is 51.6 Å². The van der Waals surface area contributed by atoms with Gasteiger partial charge in [-0.05, 0) is 48.9 Å². The predicted molar refractivity (Wildman–Crippen MR) is 129 cm³/mol. The number of alkyl halides is 3. The van der Waals surface area contributed by atoms with Crippen LogP contribution in [0.15, 0.2) is 47.8 Å². The third-order valence-corrected chi connectivity index (χ3v) is 6.21. The molecule has 1 heterocycles. The second-order valence-corrected chi connectivity index (χ2v) is 8.95. The van der Waals surface area contributed by atoms with Crippen molar-refractivity contribution in [1.82, 2.24) is 4.98 Å². The summed E-state index contributed by atoms with van der Waals surface area (Å²) in [6.07, 6.45) is 2.08. The average molecular weight is 480 g/mol. The first-order valence-electron chi connectivity index (χ1n) is 11.2. The lowest BCUT2D eigenvalue weighted by molar-refractivity contribution is -0.137. The Kier molecular flexibility index (Phi) is 8.72. The van der Waals surface area contributed by atoms with Crippen molar-refractivity contribution in [2.24, 2.45) is 0 Å². The zero-order chi connectivity index (χ0) is 23.8. The first-order valence-corrected chi connectivity index (χ1v) is 12.1. The molecular formula is C25H29F4N3S. The van der Waals surface area contributed by atoms with Crippen LogP contribution in [-0.2, 0) is 6.18 Å². The van der Waals surface area contributed by atoms with Gasteiger partial charge in [0, 0.05) is 35.9 Å². The summed E-state index contributed by atoms with van der Waals surface area (Å²) in [4.78, 5) is 6.10. The third kappa shape index (κ3) is 7.19. The summed E-state index contributed by atoms with van der Waals surface area (Å²) in [6.45, 7) is 2.74. The van der Waals surface area contributed by atoms with E-state index in [0.29, 0.717) is 23.1 Å². The van der Waals surface area contributed by atoms with Gasteiger partial charge in [0.05, 0.1) is 11.3 Å². The highest BCUT2D eigenvalue weighted by Crippen LogP contribution is 2.39. The molecule has 1 aromatic heterocycles. The predicted octanol–water partition coefficient (Wildman–Crippen LogP) is 8.51. The van der Waals surface area contributed by atoms with Crippen LogP contribution < -0.4 is 10.2 Å². The summed E-state index contributed by atoms with van der Waals surface area (Å²) in [5.41, 5.74) is 1.19. The molecule has 1 N–H and O–H groups in total. The van der Waals surface area contributed by atoms with Crippen molar-refractivity contribution in [2.75, 3.05) is 23.8 Å². The number of anilines is 3. The molecule has 3 rings (SSSR count). The number of hydrogen-bond donors (Lipinski definition) is 1. The molecule has 0 aliphatic heterocycles. The van der Waals surface area contributed by atoms with Crippen LogP contribution in [0.4, 0.5) is 34.1 Å². The van der Waals surface area contributed by atoms with Crippen molar-refractivity contribution in [3.8, 4) is 11.3 Å². The number of nitrogens with one attached hydrogen (secondary N) is 1. The van der Waals surface area contributed by atoms with Gasteiger partial charge in [-0.2, -0.15) is 13.2 Å². The highest BCUT2D eigenvalue weighted by molar-refractivity contribution is 7.14. The van der Waals surface area contributed by atoms with E-state index < -0.39 is 11.7 Å². The molecule has 0 aliphatic carbocycles. The minimum atomic E-state index is -4.47. The smallest absolute Gasteiger partial charge is 0.374 e. The van der Waals surface area contributed by atoms with Crippen molar-refractivity contribution in [3.63, 3.8) is 0 Å². The van der Waals surface area contributed by atoms with Crippen molar-refractivity contribution < 1.29 is 17.6 Å². The molecule has 0 unspecified atom stereocenters. The number of nitrogens with zero attached hydrogens (tertiary/aromatic N) is 2. The molecule has 0 aliphatic rings. The van der Waals surface area contributed by atoms with Crippen LogP contribution in [-0.4, -0.2) is 18.6 Å². The van der Waals surface area contributed by atoms with Gasteiger partial charge in [-0.3, -0.25) is 0 Å². The molecule has 0 saturated heterocycles. The first kappa shape index (κ1) is 25.0. The zero-order valence-electron chi connectivity index (χ0n) is 18.9. The summed E-state index contributed by atoms with van der Waals surface area (Å²) in [5.74, 6) is -0.339. The van der Waals surface area contributed by atoms with Crippen LogP contribution in [0.1, 0.15) is 51.0 Å². The monoisotopic (exact) mass is 479 g/mol. The highest BCUT2D eigenvalue weighted by atomic mass is 32.1. The minimum absolute atomic E-state index is 0.174. The summed E-state index contributed by atoms with van der Waals surface area (Å²) in [6, 6.07) is 10.2. The Bertz CT molecular complexity index is 1020. The fourth-order valence-electron chi connectivity index (χ4n) is 3.63.